The summed E-state index contributed by atoms with van der Waals surface area (Å²) in [5.41, 5.74) is 0. The normalized spacial score (nSPS) is 25.0. The highest BCUT2D eigenvalue weighted by Gasteiger charge is 2.36. The fourth-order valence-electron chi connectivity index (χ4n) is 1.73. The predicted molar refractivity (Wildman–Crippen MR) is 60.4 cm³/mol. The molecule has 1 unspecified atom stereocenters. The summed E-state index contributed by atoms with van der Waals surface area (Å²) in [4.78, 5) is 16.8. The second kappa shape index (κ2) is 8.46. The van der Waals surface area contributed by atoms with Gasteiger partial charge in [-0.15, -0.1) is 0 Å². The van der Waals surface area contributed by atoms with Crippen LogP contribution >= 0.6 is 0 Å². The highest BCUT2D eigenvalue weighted by Crippen LogP contribution is 2.19. The summed E-state index contributed by atoms with van der Waals surface area (Å²) in [6.45, 7) is 3.23. The third-order valence-electron chi connectivity index (χ3n) is 2.31. The highest BCUT2D eigenvalue weighted by atomic mass is 17.1. The van der Waals surface area contributed by atoms with E-state index in [1.54, 1.807) is 0 Å². The van der Waals surface area contributed by atoms with Crippen LogP contribution in [0.3, 0.4) is 0 Å². The molecule has 6 heteroatoms. The maximum Gasteiger partial charge on any atom is 0.321 e. The van der Waals surface area contributed by atoms with Crippen LogP contribution in [0.25, 0.3) is 0 Å². The number of nitrogens with zero attached hydrogens (tertiary/aromatic N) is 1. The van der Waals surface area contributed by atoms with E-state index in [0.29, 0.717) is 13.0 Å². The van der Waals surface area contributed by atoms with Crippen molar-refractivity contribution >= 4 is 5.97 Å². The van der Waals surface area contributed by atoms with Crippen molar-refractivity contribution in [2.24, 2.45) is 0 Å². The molecule has 1 aliphatic heterocycles. The van der Waals surface area contributed by atoms with Crippen LogP contribution in [0.2, 0.25) is 0 Å². The average molecular weight is 234 g/mol. The van der Waals surface area contributed by atoms with Gasteiger partial charge in [0, 0.05) is 13.0 Å². The van der Waals surface area contributed by atoms with Crippen molar-refractivity contribution in [2.75, 3.05) is 27.2 Å². The highest BCUT2D eigenvalue weighted by molar-refractivity contribution is 5.74. The second-order valence-corrected chi connectivity index (χ2v) is 3.81. The summed E-state index contributed by atoms with van der Waals surface area (Å²) in [5.74, 6) is -0.840. The average Bonchev–Trinajstić information content (AvgIpc) is 2.63. The number of hydrogen-bond acceptors (Lipinski definition) is 5. The van der Waals surface area contributed by atoms with E-state index in [1.165, 1.54) is 0 Å². The van der Waals surface area contributed by atoms with E-state index >= 15 is 0 Å². The summed E-state index contributed by atoms with van der Waals surface area (Å²) in [5, 5.41) is 20.0. The van der Waals surface area contributed by atoms with Crippen molar-refractivity contribution in [1.29, 1.82) is 0 Å². The minimum Gasteiger partial charge on any atom is -0.480 e. The molecule has 0 amide bonds. The first-order chi connectivity index (χ1) is 7.60. The zero-order valence-corrected chi connectivity index (χ0v) is 10.1. The monoisotopic (exact) mass is 234 g/mol. The van der Waals surface area contributed by atoms with Gasteiger partial charge in [0.25, 0.3) is 0 Å². The maximum absolute atomic E-state index is 10.8. The van der Waals surface area contributed by atoms with Gasteiger partial charge in [-0.1, -0.05) is 6.92 Å². The van der Waals surface area contributed by atoms with Crippen molar-refractivity contribution < 1.29 is 20.0 Å². The zero-order chi connectivity index (χ0) is 12.6. The third-order valence-corrected chi connectivity index (χ3v) is 2.31. The molecule has 1 rings (SSSR count). The topological polar surface area (TPSA) is 82.0 Å². The molecule has 0 radical (unpaired) electrons. The van der Waals surface area contributed by atoms with Crippen LogP contribution in [0, 0.1) is 0 Å². The van der Waals surface area contributed by atoms with Gasteiger partial charge in [-0.2, -0.15) is 0 Å². The van der Waals surface area contributed by atoms with Gasteiger partial charge in [0.1, 0.15) is 12.1 Å². The van der Waals surface area contributed by atoms with E-state index in [2.05, 4.69) is 10.2 Å². The number of aliphatic carboxylic acids is 1. The van der Waals surface area contributed by atoms with Gasteiger partial charge >= 0.3 is 5.97 Å². The Kier molecular flexibility index (Phi) is 8.10. The van der Waals surface area contributed by atoms with E-state index in [0.717, 1.165) is 13.0 Å². The Labute approximate surface area is 96.1 Å². The molecule has 96 valence electrons. The Morgan fingerprint density at radius 2 is 2.12 bits per heavy atom. The first-order valence-corrected chi connectivity index (χ1v) is 5.46. The minimum atomic E-state index is -0.840. The molecule has 0 spiro atoms. The van der Waals surface area contributed by atoms with Crippen LogP contribution in [-0.4, -0.2) is 60.6 Å². The fraction of sp³-hybridized carbons (Fsp3) is 0.900. The van der Waals surface area contributed by atoms with Crippen molar-refractivity contribution in [3.8, 4) is 0 Å². The molecule has 0 saturated carbocycles. The number of carboxylic acid groups (broad SMARTS) is 1. The number of rotatable bonds is 4. The molecule has 6 nitrogen and oxygen atoms in total. The lowest BCUT2D eigenvalue weighted by atomic mass is 10.2. The molecule has 16 heavy (non-hydrogen) atoms. The van der Waals surface area contributed by atoms with Gasteiger partial charge in [-0.05, 0) is 27.1 Å². The van der Waals surface area contributed by atoms with E-state index in [-0.39, 0.29) is 6.10 Å². The van der Waals surface area contributed by atoms with Crippen LogP contribution in [0.4, 0.5) is 0 Å². The van der Waals surface area contributed by atoms with Gasteiger partial charge in [-0.3, -0.25) is 15.0 Å². The number of carbonyl (C=O) groups is 1. The third kappa shape index (κ3) is 4.89. The van der Waals surface area contributed by atoms with Crippen molar-refractivity contribution in [1.82, 2.24) is 10.2 Å². The Hall–Kier alpha value is -0.690. The SMILES string of the molecule is CCCN1CC(OO)C[C@H]1C(=O)O.CNC. The van der Waals surface area contributed by atoms with Crippen molar-refractivity contribution in [3.05, 3.63) is 0 Å². The van der Waals surface area contributed by atoms with Crippen LogP contribution < -0.4 is 5.32 Å². The zero-order valence-electron chi connectivity index (χ0n) is 10.1. The molecule has 0 aromatic heterocycles. The first kappa shape index (κ1) is 15.3. The van der Waals surface area contributed by atoms with E-state index in [9.17, 15) is 4.79 Å². The summed E-state index contributed by atoms with van der Waals surface area (Å²) >= 11 is 0. The van der Waals surface area contributed by atoms with Crippen molar-refractivity contribution in [3.63, 3.8) is 0 Å². The minimum absolute atomic E-state index is 0.354. The molecule has 1 aliphatic rings. The molecule has 1 fully saturated rings. The summed E-state index contributed by atoms with van der Waals surface area (Å²) in [6, 6.07) is -0.503. The standard InChI is InChI=1S/C8H15NO4.C2H7N/c1-2-3-9-5-6(13-12)4-7(9)8(10)11;1-3-2/h6-7,12H,2-5H2,1H3,(H,10,11);3H,1-2H3/t6?,7-;/m0./s1. The second-order valence-electron chi connectivity index (χ2n) is 3.81. The van der Waals surface area contributed by atoms with Crippen LogP contribution in [0.5, 0.6) is 0 Å². The van der Waals surface area contributed by atoms with Gasteiger partial charge in [0.05, 0.1) is 0 Å². The molecule has 2 atom stereocenters. The lowest BCUT2D eigenvalue weighted by Crippen LogP contribution is -2.36. The first-order valence-electron chi connectivity index (χ1n) is 5.46. The Bertz CT molecular complexity index is 201. The molecule has 1 saturated heterocycles. The number of carboxylic acids is 1. The molecule has 0 bridgehead atoms. The van der Waals surface area contributed by atoms with E-state index in [4.69, 9.17) is 10.4 Å². The summed E-state index contributed by atoms with van der Waals surface area (Å²) in [6.07, 6.45) is 0.918. The Morgan fingerprint density at radius 3 is 2.50 bits per heavy atom. The summed E-state index contributed by atoms with van der Waals surface area (Å²) in [7, 11) is 3.75. The molecular weight excluding hydrogens is 212 g/mol. The van der Waals surface area contributed by atoms with Gasteiger partial charge < -0.3 is 10.4 Å². The Balaban J connectivity index is 0.000000673. The van der Waals surface area contributed by atoms with Gasteiger partial charge in [0.15, 0.2) is 0 Å². The van der Waals surface area contributed by atoms with Crippen LogP contribution in [0.15, 0.2) is 0 Å². The van der Waals surface area contributed by atoms with Gasteiger partial charge in [-0.25, -0.2) is 4.89 Å². The smallest absolute Gasteiger partial charge is 0.321 e. The molecule has 0 aromatic carbocycles. The fourth-order valence-corrected chi connectivity index (χ4v) is 1.73. The van der Waals surface area contributed by atoms with E-state index in [1.807, 2.05) is 25.9 Å². The van der Waals surface area contributed by atoms with Gasteiger partial charge in [0.2, 0.25) is 0 Å². The lowest BCUT2D eigenvalue weighted by molar-refractivity contribution is -0.274. The number of hydrogen-bond donors (Lipinski definition) is 3. The number of likely N-dealkylation sites (tertiary alicyclic amines) is 1. The molecule has 0 aliphatic carbocycles. The number of nitrogens with one attached hydrogen (secondary N) is 1. The largest absolute Gasteiger partial charge is 0.480 e. The molecule has 0 aromatic rings. The van der Waals surface area contributed by atoms with E-state index < -0.39 is 12.0 Å². The molecule has 1 heterocycles. The maximum atomic E-state index is 10.8. The Morgan fingerprint density at radius 1 is 1.56 bits per heavy atom. The summed E-state index contributed by atoms with van der Waals surface area (Å²) < 4.78 is 0. The molecular formula is C10H22N2O4. The van der Waals surface area contributed by atoms with Crippen LogP contribution in [0.1, 0.15) is 19.8 Å². The quantitative estimate of drug-likeness (QED) is 0.478. The predicted octanol–water partition coefficient (Wildman–Crippen LogP) is 0.249. The molecule has 3 N–H and O–H groups in total. The van der Waals surface area contributed by atoms with Crippen molar-refractivity contribution in [2.45, 2.75) is 31.9 Å². The lowest BCUT2D eigenvalue weighted by Gasteiger charge is -2.19. The van der Waals surface area contributed by atoms with Crippen LogP contribution in [-0.2, 0) is 9.68 Å².